The Morgan fingerprint density at radius 2 is 2.21 bits per heavy atom. The largest absolute Gasteiger partial charge is 0.481 e. The van der Waals surface area contributed by atoms with E-state index in [2.05, 4.69) is 36.2 Å². The third-order valence-electron chi connectivity index (χ3n) is 3.79. The number of nitrogens with one attached hydrogen (secondary N) is 1. The van der Waals surface area contributed by atoms with Gasteiger partial charge in [-0.3, -0.25) is 4.79 Å². The number of nitrogens with zero attached hydrogens (tertiary/aromatic N) is 1. The molecular formula is C15H22N2O2. The molecule has 2 rings (SSSR count). The van der Waals surface area contributed by atoms with Gasteiger partial charge in [0, 0.05) is 24.3 Å². The second-order valence-corrected chi connectivity index (χ2v) is 5.33. The van der Waals surface area contributed by atoms with Crippen LogP contribution in [0.2, 0.25) is 0 Å². The lowest BCUT2D eigenvalue weighted by molar-refractivity contribution is -0.137. The molecule has 2 unspecified atom stereocenters. The lowest BCUT2D eigenvalue weighted by atomic mass is 10.1. The topological polar surface area (TPSA) is 52.6 Å². The molecule has 4 nitrogen and oxygen atoms in total. The Morgan fingerprint density at radius 3 is 2.89 bits per heavy atom. The van der Waals surface area contributed by atoms with Crippen LogP contribution < -0.4 is 10.2 Å². The first-order chi connectivity index (χ1) is 9.08. The third kappa shape index (κ3) is 3.47. The highest BCUT2D eigenvalue weighted by Crippen LogP contribution is 2.24. The normalized spacial score (nSPS) is 24.0. The van der Waals surface area contributed by atoms with Gasteiger partial charge in [-0.1, -0.05) is 18.2 Å². The molecule has 1 aliphatic rings. The van der Waals surface area contributed by atoms with Crippen LogP contribution in [0.1, 0.15) is 25.3 Å². The van der Waals surface area contributed by atoms with Crippen molar-refractivity contribution in [3.05, 3.63) is 29.8 Å². The van der Waals surface area contributed by atoms with E-state index in [0.29, 0.717) is 6.04 Å². The molecule has 1 aromatic rings. The van der Waals surface area contributed by atoms with Crippen LogP contribution in [0.15, 0.2) is 24.3 Å². The number of hydrogen-bond acceptors (Lipinski definition) is 3. The fourth-order valence-electron chi connectivity index (χ4n) is 2.70. The van der Waals surface area contributed by atoms with Crippen LogP contribution in [-0.4, -0.2) is 36.2 Å². The van der Waals surface area contributed by atoms with E-state index in [1.165, 1.54) is 11.3 Å². The zero-order valence-electron chi connectivity index (χ0n) is 11.6. The molecule has 104 valence electrons. The van der Waals surface area contributed by atoms with E-state index in [9.17, 15) is 4.79 Å². The molecule has 1 fully saturated rings. The van der Waals surface area contributed by atoms with Crippen molar-refractivity contribution in [1.82, 2.24) is 5.32 Å². The zero-order valence-corrected chi connectivity index (χ0v) is 11.6. The molecule has 2 atom stereocenters. The molecular weight excluding hydrogens is 240 g/mol. The highest BCUT2D eigenvalue weighted by Gasteiger charge is 2.25. The van der Waals surface area contributed by atoms with Gasteiger partial charge in [-0.05, 0) is 38.4 Å². The zero-order chi connectivity index (χ0) is 13.8. The molecule has 1 heterocycles. The Bertz CT molecular complexity index is 448. The number of aryl methyl sites for hydroxylation is 1. The van der Waals surface area contributed by atoms with E-state index in [-0.39, 0.29) is 12.5 Å². The summed E-state index contributed by atoms with van der Waals surface area (Å²) in [4.78, 5) is 13.2. The van der Waals surface area contributed by atoms with Crippen LogP contribution in [0.3, 0.4) is 0 Å². The van der Waals surface area contributed by atoms with Crippen molar-refractivity contribution >= 4 is 11.7 Å². The summed E-state index contributed by atoms with van der Waals surface area (Å²) < 4.78 is 0. The first-order valence-electron chi connectivity index (χ1n) is 6.85. The van der Waals surface area contributed by atoms with E-state index in [0.717, 1.165) is 19.5 Å². The summed E-state index contributed by atoms with van der Waals surface area (Å²) in [6.45, 7) is 5.93. The monoisotopic (exact) mass is 262 g/mol. The molecule has 1 aromatic carbocycles. The van der Waals surface area contributed by atoms with Gasteiger partial charge in [0.2, 0.25) is 0 Å². The van der Waals surface area contributed by atoms with Crippen LogP contribution in [-0.2, 0) is 4.79 Å². The maximum Gasteiger partial charge on any atom is 0.304 e. The fraction of sp³-hybridized carbons (Fsp3) is 0.533. The summed E-state index contributed by atoms with van der Waals surface area (Å²) in [6.07, 6.45) is 1.21. The van der Waals surface area contributed by atoms with Gasteiger partial charge in [-0.15, -0.1) is 0 Å². The van der Waals surface area contributed by atoms with Gasteiger partial charge in [0.1, 0.15) is 0 Å². The van der Waals surface area contributed by atoms with Crippen LogP contribution in [0.4, 0.5) is 5.69 Å². The van der Waals surface area contributed by atoms with E-state index in [1.807, 2.05) is 12.1 Å². The summed E-state index contributed by atoms with van der Waals surface area (Å²) >= 11 is 0. The average Bonchev–Trinajstić information content (AvgIpc) is 2.52. The Balaban J connectivity index is 2.20. The highest BCUT2D eigenvalue weighted by atomic mass is 16.4. The molecule has 19 heavy (non-hydrogen) atoms. The molecule has 1 aliphatic heterocycles. The lowest BCUT2D eigenvalue weighted by Gasteiger charge is -2.32. The maximum absolute atomic E-state index is 10.9. The summed E-state index contributed by atoms with van der Waals surface area (Å²) in [5, 5.41) is 12.3. The van der Waals surface area contributed by atoms with Crippen molar-refractivity contribution in [3.8, 4) is 0 Å². The van der Waals surface area contributed by atoms with Crippen molar-refractivity contribution in [2.75, 3.05) is 18.0 Å². The van der Waals surface area contributed by atoms with Crippen molar-refractivity contribution < 1.29 is 9.90 Å². The Kier molecular flexibility index (Phi) is 4.43. The Labute approximate surface area is 114 Å². The highest BCUT2D eigenvalue weighted by molar-refractivity contribution is 5.67. The van der Waals surface area contributed by atoms with Gasteiger partial charge in [0.15, 0.2) is 0 Å². The molecule has 1 saturated heterocycles. The number of aliphatic carboxylic acids is 1. The predicted octanol–water partition coefficient (Wildman–Crippen LogP) is 2.03. The Hall–Kier alpha value is -1.55. The number of anilines is 1. The van der Waals surface area contributed by atoms with Crippen molar-refractivity contribution in [2.45, 2.75) is 38.8 Å². The quantitative estimate of drug-likeness (QED) is 0.875. The second-order valence-electron chi connectivity index (χ2n) is 5.33. The van der Waals surface area contributed by atoms with Crippen molar-refractivity contribution in [1.29, 1.82) is 0 Å². The van der Waals surface area contributed by atoms with Gasteiger partial charge in [-0.2, -0.15) is 0 Å². The van der Waals surface area contributed by atoms with E-state index in [4.69, 9.17) is 5.11 Å². The molecule has 0 saturated carbocycles. The average molecular weight is 262 g/mol. The fourth-order valence-corrected chi connectivity index (χ4v) is 2.70. The number of rotatable bonds is 3. The molecule has 0 aromatic heterocycles. The predicted molar refractivity (Wildman–Crippen MR) is 76.6 cm³/mol. The minimum atomic E-state index is -0.739. The first-order valence-corrected chi connectivity index (χ1v) is 6.85. The van der Waals surface area contributed by atoms with Gasteiger partial charge < -0.3 is 15.3 Å². The minimum absolute atomic E-state index is 0.0158. The molecule has 0 aliphatic carbocycles. The van der Waals surface area contributed by atoms with Gasteiger partial charge >= 0.3 is 5.97 Å². The van der Waals surface area contributed by atoms with E-state index in [1.54, 1.807) is 0 Å². The van der Waals surface area contributed by atoms with Gasteiger partial charge in [-0.25, -0.2) is 0 Å². The molecule has 0 bridgehead atoms. The minimum Gasteiger partial charge on any atom is -0.481 e. The van der Waals surface area contributed by atoms with Crippen molar-refractivity contribution in [2.24, 2.45) is 0 Å². The number of para-hydroxylation sites is 1. The summed E-state index contributed by atoms with van der Waals surface area (Å²) in [5.74, 6) is -0.739. The third-order valence-corrected chi connectivity index (χ3v) is 3.79. The summed E-state index contributed by atoms with van der Waals surface area (Å²) in [7, 11) is 0. The van der Waals surface area contributed by atoms with Crippen LogP contribution in [0.25, 0.3) is 0 Å². The first kappa shape index (κ1) is 13.9. The number of carbonyl (C=O) groups is 1. The smallest absolute Gasteiger partial charge is 0.304 e. The summed E-state index contributed by atoms with van der Waals surface area (Å²) in [6, 6.07) is 8.74. The van der Waals surface area contributed by atoms with Crippen LogP contribution in [0.5, 0.6) is 0 Å². The number of benzene rings is 1. The van der Waals surface area contributed by atoms with Crippen LogP contribution >= 0.6 is 0 Å². The molecule has 0 spiro atoms. The van der Waals surface area contributed by atoms with E-state index >= 15 is 0 Å². The standard InChI is InChI=1S/C15H22N2O2/c1-11-5-3-4-6-14(11)17-10-13(9-15(18)19)16-8-7-12(17)2/h3-6,12-13,16H,7-10H2,1-2H3,(H,18,19). The lowest BCUT2D eigenvalue weighted by Crippen LogP contribution is -2.41. The number of carboxylic acids is 1. The van der Waals surface area contributed by atoms with Gasteiger partial charge in [0.25, 0.3) is 0 Å². The van der Waals surface area contributed by atoms with Gasteiger partial charge in [0.05, 0.1) is 6.42 Å². The SMILES string of the molecule is Cc1ccccc1N1CC(CC(=O)O)NCCC1C. The van der Waals surface area contributed by atoms with Crippen LogP contribution in [0, 0.1) is 6.92 Å². The second kappa shape index (κ2) is 6.06. The van der Waals surface area contributed by atoms with E-state index < -0.39 is 5.97 Å². The maximum atomic E-state index is 10.9. The molecule has 0 radical (unpaired) electrons. The Morgan fingerprint density at radius 1 is 1.47 bits per heavy atom. The number of carboxylic acid groups (broad SMARTS) is 1. The number of hydrogen-bond donors (Lipinski definition) is 2. The molecule has 0 amide bonds. The summed E-state index contributed by atoms with van der Waals surface area (Å²) in [5.41, 5.74) is 2.46. The molecule has 4 heteroatoms. The van der Waals surface area contributed by atoms with Crippen molar-refractivity contribution in [3.63, 3.8) is 0 Å². The molecule has 2 N–H and O–H groups in total.